The lowest BCUT2D eigenvalue weighted by atomic mass is 10.1. The normalized spacial score (nSPS) is 12.6. The largest absolute Gasteiger partial charge is 0.383 e. The summed E-state index contributed by atoms with van der Waals surface area (Å²) in [5, 5.41) is 10.7. The van der Waals surface area contributed by atoms with Gasteiger partial charge < -0.3 is 15.4 Å². The van der Waals surface area contributed by atoms with Gasteiger partial charge in [0, 0.05) is 39.0 Å². The van der Waals surface area contributed by atoms with Crippen molar-refractivity contribution in [2.45, 2.75) is 25.8 Å². The quantitative estimate of drug-likeness (QED) is 0.585. The second-order valence-corrected chi connectivity index (χ2v) is 7.31. The van der Waals surface area contributed by atoms with Gasteiger partial charge in [-0.1, -0.05) is 30.3 Å². The lowest BCUT2D eigenvalue weighted by Gasteiger charge is -2.10. The maximum atomic E-state index is 12.7. The van der Waals surface area contributed by atoms with Gasteiger partial charge >= 0.3 is 0 Å². The third kappa shape index (κ3) is 4.18. The van der Waals surface area contributed by atoms with Crippen LogP contribution < -0.4 is 10.6 Å². The standard InChI is InChI=1S/C22H26N6O2/c1-28-20-17(19(27-28)21(29)23-11-12-30-2)10-6-9-16-14-25-22(26-18(16)20)24-13-15-7-4-3-5-8-15/h3-5,7-8,14H,6,9-13H2,1-2H3,(H,23,29)(H,24,25,26). The third-order valence-corrected chi connectivity index (χ3v) is 5.21. The molecule has 1 aliphatic rings. The van der Waals surface area contributed by atoms with E-state index in [0.29, 0.717) is 31.3 Å². The van der Waals surface area contributed by atoms with Gasteiger partial charge in [-0.3, -0.25) is 9.48 Å². The number of ether oxygens (including phenoxy) is 1. The van der Waals surface area contributed by atoms with E-state index < -0.39 is 0 Å². The summed E-state index contributed by atoms with van der Waals surface area (Å²) >= 11 is 0. The summed E-state index contributed by atoms with van der Waals surface area (Å²) in [6, 6.07) is 10.1. The van der Waals surface area contributed by atoms with E-state index >= 15 is 0 Å². The summed E-state index contributed by atoms with van der Waals surface area (Å²) in [6.45, 7) is 1.56. The van der Waals surface area contributed by atoms with E-state index in [1.54, 1.807) is 11.8 Å². The Morgan fingerprint density at radius 2 is 2.07 bits per heavy atom. The molecule has 0 saturated heterocycles. The van der Waals surface area contributed by atoms with Crippen molar-refractivity contribution < 1.29 is 9.53 Å². The van der Waals surface area contributed by atoms with Crippen LogP contribution in [-0.2, 0) is 31.2 Å². The number of carbonyl (C=O) groups is 1. The van der Waals surface area contributed by atoms with Crippen molar-refractivity contribution in [1.29, 1.82) is 0 Å². The van der Waals surface area contributed by atoms with Crippen LogP contribution in [0, 0.1) is 0 Å². The zero-order valence-electron chi connectivity index (χ0n) is 17.3. The molecule has 0 radical (unpaired) electrons. The summed E-state index contributed by atoms with van der Waals surface area (Å²) in [5.41, 5.74) is 5.39. The zero-order valence-corrected chi connectivity index (χ0v) is 17.3. The molecule has 1 aliphatic carbocycles. The predicted molar refractivity (Wildman–Crippen MR) is 114 cm³/mol. The van der Waals surface area contributed by atoms with Crippen molar-refractivity contribution in [3.8, 4) is 11.4 Å². The van der Waals surface area contributed by atoms with Crippen LogP contribution in [-0.4, -0.2) is 45.9 Å². The summed E-state index contributed by atoms with van der Waals surface area (Å²) in [7, 11) is 3.47. The number of carbonyl (C=O) groups excluding carboxylic acids is 1. The Morgan fingerprint density at radius 1 is 1.23 bits per heavy atom. The maximum absolute atomic E-state index is 12.7. The first-order chi connectivity index (χ1) is 14.7. The van der Waals surface area contributed by atoms with E-state index in [4.69, 9.17) is 9.72 Å². The summed E-state index contributed by atoms with van der Waals surface area (Å²) in [5.74, 6) is 0.390. The molecular formula is C22H26N6O2. The average molecular weight is 406 g/mol. The molecule has 156 valence electrons. The number of amides is 1. The van der Waals surface area contributed by atoms with Crippen LogP contribution in [0.3, 0.4) is 0 Å². The van der Waals surface area contributed by atoms with E-state index in [0.717, 1.165) is 47.3 Å². The second-order valence-electron chi connectivity index (χ2n) is 7.31. The molecule has 30 heavy (non-hydrogen) atoms. The number of benzene rings is 1. The van der Waals surface area contributed by atoms with E-state index in [9.17, 15) is 4.79 Å². The number of methoxy groups -OCH3 is 1. The fourth-order valence-corrected chi connectivity index (χ4v) is 3.75. The molecule has 0 bridgehead atoms. The molecule has 1 amide bonds. The van der Waals surface area contributed by atoms with Gasteiger partial charge in [-0.2, -0.15) is 5.10 Å². The Kier molecular flexibility index (Phi) is 6.04. The topological polar surface area (TPSA) is 94.0 Å². The number of nitrogens with one attached hydrogen (secondary N) is 2. The molecule has 3 aromatic rings. The molecule has 8 nitrogen and oxygen atoms in total. The third-order valence-electron chi connectivity index (χ3n) is 5.21. The number of aryl methyl sites for hydroxylation is 2. The molecule has 0 unspecified atom stereocenters. The fraction of sp³-hybridized carbons (Fsp3) is 0.364. The van der Waals surface area contributed by atoms with Gasteiger partial charge in [0.1, 0.15) is 0 Å². The van der Waals surface area contributed by atoms with Gasteiger partial charge in [0.2, 0.25) is 5.95 Å². The van der Waals surface area contributed by atoms with Gasteiger partial charge in [-0.05, 0) is 30.4 Å². The maximum Gasteiger partial charge on any atom is 0.272 e. The minimum atomic E-state index is -0.177. The SMILES string of the molecule is COCCNC(=O)c1nn(C)c2c1CCCc1cnc(NCc3ccccc3)nc1-2. The molecule has 8 heteroatoms. The average Bonchev–Trinajstić information content (AvgIpc) is 2.97. The van der Waals surface area contributed by atoms with Crippen LogP contribution in [0.5, 0.6) is 0 Å². The lowest BCUT2D eigenvalue weighted by Crippen LogP contribution is -2.28. The number of hydrogen-bond donors (Lipinski definition) is 2. The summed E-state index contributed by atoms with van der Waals surface area (Å²) in [6.07, 6.45) is 4.45. The van der Waals surface area contributed by atoms with Crippen molar-refractivity contribution >= 4 is 11.9 Å². The van der Waals surface area contributed by atoms with Gasteiger partial charge in [0.25, 0.3) is 5.91 Å². The van der Waals surface area contributed by atoms with E-state index in [-0.39, 0.29) is 5.91 Å². The molecule has 4 rings (SSSR count). The first-order valence-corrected chi connectivity index (χ1v) is 10.1. The number of hydrogen-bond acceptors (Lipinski definition) is 6. The number of aromatic nitrogens is 4. The summed E-state index contributed by atoms with van der Waals surface area (Å²) < 4.78 is 6.78. The van der Waals surface area contributed by atoms with Crippen LogP contribution in [0.25, 0.3) is 11.4 Å². The molecular weight excluding hydrogens is 380 g/mol. The highest BCUT2D eigenvalue weighted by Gasteiger charge is 2.27. The molecule has 0 atom stereocenters. The highest BCUT2D eigenvalue weighted by atomic mass is 16.5. The highest BCUT2D eigenvalue weighted by Crippen LogP contribution is 2.33. The predicted octanol–water partition coefficient (Wildman–Crippen LogP) is 2.35. The van der Waals surface area contributed by atoms with E-state index in [1.807, 2.05) is 31.4 Å². The van der Waals surface area contributed by atoms with Gasteiger partial charge in [-0.15, -0.1) is 0 Å². The van der Waals surface area contributed by atoms with Gasteiger partial charge in [0.05, 0.1) is 18.0 Å². The van der Waals surface area contributed by atoms with Crippen LogP contribution in [0.4, 0.5) is 5.95 Å². The molecule has 1 aromatic carbocycles. The van der Waals surface area contributed by atoms with Crippen molar-refractivity contribution in [2.24, 2.45) is 7.05 Å². The Bertz CT molecular complexity index is 1030. The minimum absolute atomic E-state index is 0.177. The van der Waals surface area contributed by atoms with E-state index in [1.165, 1.54) is 0 Å². The molecule has 2 N–H and O–H groups in total. The van der Waals surface area contributed by atoms with Crippen LogP contribution >= 0.6 is 0 Å². The molecule has 2 heterocycles. The van der Waals surface area contributed by atoms with Crippen molar-refractivity contribution in [3.63, 3.8) is 0 Å². The first kappa shape index (κ1) is 20.0. The number of nitrogens with zero attached hydrogens (tertiary/aromatic N) is 4. The minimum Gasteiger partial charge on any atom is -0.383 e. The van der Waals surface area contributed by atoms with Crippen LogP contribution in [0.2, 0.25) is 0 Å². The Hall–Kier alpha value is -3.26. The zero-order chi connectivity index (χ0) is 20.9. The molecule has 0 spiro atoms. The summed E-state index contributed by atoms with van der Waals surface area (Å²) in [4.78, 5) is 22.0. The molecule has 0 fully saturated rings. The van der Waals surface area contributed by atoms with Crippen LogP contribution in [0.1, 0.15) is 33.6 Å². The lowest BCUT2D eigenvalue weighted by molar-refractivity contribution is 0.0930. The smallest absolute Gasteiger partial charge is 0.272 e. The van der Waals surface area contributed by atoms with Crippen molar-refractivity contribution in [1.82, 2.24) is 25.1 Å². The molecule has 0 aliphatic heterocycles. The number of anilines is 1. The van der Waals surface area contributed by atoms with Crippen LogP contribution in [0.15, 0.2) is 36.5 Å². The van der Waals surface area contributed by atoms with Gasteiger partial charge in [-0.25, -0.2) is 9.97 Å². The Morgan fingerprint density at radius 3 is 2.87 bits per heavy atom. The Labute approximate surface area is 175 Å². The van der Waals surface area contributed by atoms with Crippen molar-refractivity contribution in [2.75, 3.05) is 25.6 Å². The van der Waals surface area contributed by atoms with Gasteiger partial charge in [0.15, 0.2) is 5.69 Å². The molecule has 0 saturated carbocycles. The second kappa shape index (κ2) is 9.04. The first-order valence-electron chi connectivity index (χ1n) is 10.1. The fourth-order valence-electron chi connectivity index (χ4n) is 3.75. The number of fused-ring (bicyclic) bond motifs is 3. The monoisotopic (exact) mass is 406 g/mol. The number of rotatable bonds is 7. The molecule has 2 aromatic heterocycles. The van der Waals surface area contributed by atoms with E-state index in [2.05, 4.69) is 32.8 Å². The highest BCUT2D eigenvalue weighted by molar-refractivity contribution is 5.95. The Balaban J connectivity index is 1.63. The van der Waals surface area contributed by atoms with Crippen molar-refractivity contribution in [3.05, 3.63) is 58.9 Å².